The number of benzene rings is 1. The Kier molecular flexibility index (Phi) is 6.06. The number of anilines is 1. The topological polar surface area (TPSA) is 15.3 Å². The first kappa shape index (κ1) is 14.0. The van der Waals surface area contributed by atoms with E-state index < -0.39 is 0 Å². The minimum atomic E-state index is 0.440. The third kappa shape index (κ3) is 4.04. The molecule has 2 nitrogen and oxygen atoms in total. The van der Waals surface area contributed by atoms with Crippen LogP contribution in [0.25, 0.3) is 0 Å². The van der Waals surface area contributed by atoms with E-state index in [4.69, 9.17) is 0 Å². The lowest BCUT2D eigenvalue weighted by molar-refractivity contribution is 0.598. The van der Waals surface area contributed by atoms with E-state index >= 15 is 0 Å². The highest BCUT2D eigenvalue weighted by Gasteiger charge is 2.06. The van der Waals surface area contributed by atoms with Gasteiger partial charge in [0.15, 0.2) is 0 Å². The summed E-state index contributed by atoms with van der Waals surface area (Å²) in [5.41, 5.74) is 2.70. The van der Waals surface area contributed by atoms with Gasteiger partial charge in [0.25, 0.3) is 0 Å². The monoisotopic (exact) mass is 234 g/mol. The van der Waals surface area contributed by atoms with Gasteiger partial charge in [0, 0.05) is 24.8 Å². The smallest absolute Gasteiger partial charge is 0.0366 e. The van der Waals surface area contributed by atoms with E-state index in [0.717, 1.165) is 19.6 Å². The zero-order chi connectivity index (χ0) is 12.7. The molecule has 1 aromatic rings. The van der Waals surface area contributed by atoms with Crippen LogP contribution in [0.4, 0.5) is 5.69 Å². The Bertz CT molecular complexity index is 305. The van der Waals surface area contributed by atoms with E-state index in [1.807, 2.05) is 0 Å². The number of nitrogens with one attached hydrogen (secondary N) is 1. The molecule has 0 saturated carbocycles. The molecular weight excluding hydrogens is 208 g/mol. The largest absolute Gasteiger partial charge is 0.372 e. The Balaban J connectivity index is 2.72. The second kappa shape index (κ2) is 7.33. The molecule has 0 amide bonds. The van der Waals surface area contributed by atoms with Crippen molar-refractivity contribution >= 4 is 5.69 Å². The van der Waals surface area contributed by atoms with Gasteiger partial charge in [0.1, 0.15) is 0 Å². The molecular formula is C15H26N2. The maximum Gasteiger partial charge on any atom is 0.0366 e. The maximum absolute atomic E-state index is 3.44. The molecule has 1 unspecified atom stereocenters. The van der Waals surface area contributed by atoms with Crippen molar-refractivity contribution in [3.05, 3.63) is 29.8 Å². The summed E-state index contributed by atoms with van der Waals surface area (Å²) >= 11 is 0. The molecule has 0 radical (unpaired) electrons. The van der Waals surface area contributed by atoms with Crippen molar-refractivity contribution in [1.29, 1.82) is 0 Å². The second-order valence-corrected chi connectivity index (χ2v) is 4.45. The lowest BCUT2D eigenvalue weighted by Gasteiger charge is -2.23. The van der Waals surface area contributed by atoms with Gasteiger partial charge in [-0.1, -0.05) is 26.0 Å². The molecule has 0 aliphatic heterocycles. The van der Waals surface area contributed by atoms with Crippen LogP contribution in [0.5, 0.6) is 0 Å². The third-order valence-corrected chi connectivity index (χ3v) is 3.14. The third-order valence-electron chi connectivity index (χ3n) is 3.14. The van der Waals surface area contributed by atoms with Crippen molar-refractivity contribution in [1.82, 2.24) is 5.32 Å². The van der Waals surface area contributed by atoms with Gasteiger partial charge in [0.05, 0.1) is 0 Å². The lowest BCUT2D eigenvalue weighted by Crippen LogP contribution is -2.23. The number of hydrogen-bond acceptors (Lipinski definition) is 2. The molecule has 0 spiro atoms. The Morgan fingerprint density at radius 1 is 1.12 bits per heavy atom. The maximum atomic E-state index is 3.44. The fraction of sp³-hybridized carbons (Fsp3) is 0.600. The van der Waals surface area contributed by atoms with Crippen LogP contribution in [0, 0.1) is 0 Å². The van der Waals surface area contributed by atoms with Crippen LogP contribution in [-0.4, -0.2) is 19.6 Å². The van der Waals surface area contributed by atoms with Gasteiger partial charge in [-0.05, 0) is 44.5 Å². The highest BCUT2D eigenvalue weighted by molar-refractivity contribution is 5.47. The highest BCUT2D eigenvalue weighted by atomic mass is 15.1. The van der Waals surface area contributed by atoms with Gasteiger partial charge < -0.3 is 10.2 Å². The highest BCUT2D eigenvalue weighted by Crippen LogP contribution is 2.19. The van der Waals surface area contributed by atoms with E-state index in [2.05, 4.69) is 62.2 Å². The van der Waals surface area contributed by atoms with Gasteiger partial charge in [-0.25, -0.2) is 0 Å². The minimum absolute atomic E-state index is 0.440. The predicted octanol–water partition coefficient (Wildman–Crippen LogP) is 3.59. The molecule has 0 saturated heterocycles. The summed E-state index contributed by atoms with van der Waals surface area (Å²) in [5.74, 6) is 0. The summed E-state index contributed by atoms with van der Waals surface area (Å²) in [6, 6.07) is 9.39. The quantitative estimate of drug-likeness (QED) is 0.775. The Hall–Kier alpha value is -1.02. The summed E-state index contributed by atoms with van der Waals surface area (Å²) in [7, 11) is 0. The first-order chi connectivity index (χ1) is 8.22. The molecule has 96 valence electrons. The summed E-state index contributed by atoms with van der Waals surface area (Å²) in [6.45, 7) is 12.0. The van der Waals surface area contributed by atoms with Crippen LogP contribution >= 0.6 is 0 Å². The van der Waals surface area contributed by atoms with E-state index in [1.54, 1.807) is 0 Å². The molecule has 0 heterocycles. The molecule has 0 aliphatic carbocycles. The first-order valence-electron chi connectivity index (χ1n) is 6.81. The summed E-state index contributed by atoms with van der Waals surface area (Å²) in [4.78, 5) is 2.42. The number of rotatable bonds is 7. The number of hydrogen-bond donors (Lipinski definition) is 1. The average molecular weight is 234 g/mol. The molecule has 0 bridgehead atoms. The molecule has 0 aliphatic rings. The van der Waals surface area contributed by atoms with E-state index in [0.29, 0.717) is 6.04 Å². The van der Waals surface area contributed by atoms with Crippen LogP contribution in [0.3, 0.4) is 0 Å². The summed E-state index contributed by atoms with van der Waals surface area (Å²) in [5, 5.41) is 3.44. The van der Waals surface area contributed by atoms with Gasteiger partial charge >= 0.3 is 0 Å². The van der Waals surface area contributed by atoms with Crippen molar-refractivity contribution in [3.8, 4) is 0 Å². The fourth-order valence-electron chi connectivity index (χ4n) is 2.14. The van der Waals surface area contributed by atoms with Crippen LogP contribution in [0.15, 0.2) is 24.3 Å². The Morgan fingerprint density at radius 2 is 1.76 bits per heavy atom. The molecule has 0 aromatic heterocycles. The predicted molar refractivity (Wildman–Crippen MR) is 76.7 cm³/mol. The summed E-state index contributed by atoms with van der Waals surface area (Å²) in [6.07, 6.45) is 1.20. The average Bonchev–Trinajstić information content (AvgIpc) is 2.36. The van der Waals surface area contributed by atoms with Gasteiger partial charge in [0.2, 0.25) is 0 Å². The van der Waals surface area contributed by atoms with E-state index in [-0.39, 0.29) is 0 Å². The van der Waals surface area contributed by atoms with Crippen molar-refractivity contribution in [3.63, 3.8) is 0 Å². The zero-order valence-corrected chi connectivity index (χ0v) is 11.7. The molecule has 0 fully saturated rings. The summed E-state index contributed by atoms with van der Waals surface area (Å²) < 4.78 is 0. The molecule has 17 heavy (non-hydrogen) atoms. The molecule has 1 aromatic carbocycles. The number of nitrogens with zero attached hydrogens (tertiary/aromatic N) is 1. The van der Waals surface area contributed by atoms with Crippen LogP contribution in [0.2, 0.25) is 0 Å². The fourth-order valence-corrected chi connectivity index (χ4v) is 2.14. The van der Waals surface area contributed by atoms with Gasteiger partial charge in [-0.3, -0.25) is 0 Å². The van der Waals surface area contributed by atoms with Crippen LogP contribution in [0.1, 0.15) is 45.7 Å². The Labute approximate surface area is 106 Å². The normalized spacial score (nSPS) is 12.5. The van der Waals surface area contributed by atoms with Crippen LogP contribution in [-0.2, 0) is 0 Å². The van der Waals surface area contributed by atoms with Crippen molar-refractivity contribution in [2.45, 2.75) is 40.2 Å². The SMILES string of the molecule is CCCN(CC)c1ccc(C(C)NCC)cc1. The van der Waals surface area contributed by atoms with Crippen molar-refractivity contribution < 1.29 is 0 Å². The van der Waals surface area contributed by atoms with Crippen molar-refractivity contribution in [2.75, 3.05) is 24.5 Å². The zero-order valence-electron chi connectivity index (χ0n) is 11.7. The first-order valence-corrected chi connectivity index (χ1v) is 6.81. The van der Waals surface area contributed by atoms with E-state index in [1.165, 1.54) is 17.7 Å². The standard InChI is InChI=1S/C15H26N2/c1-5-12-17(7-3)15-10-8-14(9-11-15)13(4)16-6-2/h8-11,13,16H,5-7,12H2,1-4H3. The molecule has 2 heteroatoms. The van der Waals surface area contributed by atoms with Gasteiger partial charge in [-0.2, -0.15) is 0 Å². The van der Waals surface area contributed by atoms with Crippen molar-refractivity contribution in [2.24, 2.45) is 0 Å². The minimum Gasteiger partial charge on any atom is -0.372 e. The Morgan fingerprint density at radius 3 is 2.24 bits per heavy atom. The lowest BCUT2D eigenvalue weighted by atomic mass is 10.1. The molecule has 1 rings (SSSR count). The van der Waals surface area contributed by atoms with Crippen LogP contribution < -0.4 is 10.2 Å². The second-order valence-electron chi connectivity index (χ2n) is 4.45. The molecule has 1 N–H and O–H groups in total. The van der Waals surface area contributed by atoms with E-state index in [9.17, 15) is 0 Å². The van der Waals surface area contributed by atoms with Gasteiger partial charge in [-0.15, -0.1) is 0 Å². The molecule has 1 atom stereocenters.